The summed E-state index contributed by atoms with van der Waals surface area (Å²) < 4.78 is 27.4. The topological polar surface area (TPSA) is 58.2 Å². The normalized spacial score (nSPS) is 20.4. The largest absolute Gasteiger partial charge is 0.312 e. The fourth-order valence-corrected chi connectivity index (χ4v) is 5.79. The summed E-state index contributed by atoms with van der Waals surface area (Å²) in [5.74, 6) is 1.92. The zero-order valence-corrected chi connectivity index (χ0v) is 12.8. The van der Waals surface area contributed by atoms with Crippen molar-refractivity contribution in [3.8, 4) is 0 Å². The number of thioether (sulfide) groups is 1. The number of thiophene rings is 1. The molecule has 4 nitrogen and oxygen atoms in total. The maximum absolute atomic E-state index is 12.3. The van der Waals surface area contributed by atoms with E-state index in [0.717, 1.165) is 29.3 Å². The molecule has 0 bridgehead atoms. The Morgan fingerprint density at radius 1 is 1.50 bits per heavy atom. The van der Waals surface area contributed by atoms with Crippen LogP contribution >= 0.6 is 23.1 Å². The van der Waals surface area contributed by atoms with E-state index in [-0.39, 0.29) is 6.04 Å². The van der Waals surface area contributed by atoms with Crippen LogP contribution in [0.3, 0.4) is 0 Å². The molecule has 1 aliphatic rings. The molecular formula is C11H18N2O2S3. The summed E-state index contributed by atoms with van der Waals surface area (Å²) in [6.07, 6.45) is 0.927. The fraction of sp³-hybridized carbons (Fsp3) is 0.636. The lowest BCUT2D eigenvalue weighted by atomic mass is 10.3. The molecule has 1 saturated heterocycles. The molecular weight excluding hydrogens is 288 g/mol. The first-order valence-electron chi connectivity index (χ1n) is 6.00. The summed E-state index contributed by atoms with van der Waals surface area (Å²) in [6, 6.07) is 1.79. The molecule has 2 N–H and O–H groups in total. The molecule has 1 fully saturated rings. The summed E-state index contributed by atoms with van der Waals surface area (Å²) in [5, 5.41) is 5.01. The average Bonchev–Trinajstić information content (AvgIpc) is 2.96. The van der Waals surface area contributed by atoms with Crippen molar-refractivity contribution in [1.29, 1.82) is 0 Å². The van der Waals surface area contributed by atoms with Gasteiger partial charge in [0.25, 0.3) is 0 Å². The van der Waals surface area contributed by atoms with Crippen LogP contribution < -0.4 is 10.0 Å². The highest BCUT2D eigenvalue weighted by Crippen LogP contribution is 2.24. The Hall–Kier alpha value is -0.0800. The molecule has 0 aliphatic carbocycles. The van der Waals surface area contributed by atoms with Gasteiger partial charge in [0.15, 0.2) is 0 Å². The van der Waals surface area contributed by atoms with Crippen molar-refractivity contribution in [2.75, 3.05) is 18.1 Å². The molecule has 1 aliphatic heterocycles. The van der Waals surface area contributed by atoms with Crippen molar-refractivity contribution in [2.45, 2.75) is 30.8 Å². The van der Waals surface area contributed by atoms with Crippen molar-refractivity contribution >= 4 is 33.1 Å². The molecule has 0 spiro atoms. The SMILES string of the molecule is CCNCc1sccc1S(=O)(=O)NC1CCSC1. The molecule has 18 heavy (non-hydrogen) atoms. The lowest BCUT2D eigenvalue weighted by Crippen LogP contribution is -2.35. The van der Waals surface area contributed by atoms with E-state index in [1.54, 1.807) is 17.8 Å². The maximum atomic E-state index is 12.3. The standard InChI is InChI=1S/C11H18N2O2S3/c1-2-12-7-10-11(4-6-17-10)18(14,15)13-9-3-5-16-8-9/h4,6,9,12-13H,2-3,5,7-8H2,1H3. The highest BCUT2D eigenvalue weighted by molar-refractivity contribution is 7.99. The van der Waals surface area contributed by atoms with Crippen LogP contribution in [0.2, 0.25) is 0 Å². The minimum atomic E-state index is -3.35. The van der Waals surface area contributed by atoms with Crippen molar-refractivity contribution < 1.29 is 8.42 Å². The van der Waals surface area contributed by atoms with Gasteiger partial charge in [-0.05, 0) is 30.2 Å². The van der Waals surface area contributed by atoms with Crippen LogP contribution in [0.15, 0.2) is 16.3 Å². The smallest absolute Gasteiger partial charge is 0.242 e. The molecule has 1 aromatic heterocycles. The van der Waals surface area contributed by atoms with Gasteiger partial charge in [-0.3, -0.25) is 0 Å². The number of rotatable bonds is 6. The van der Waals surface area contributed by atoms with E-state index in [4.69, 9.17) is 0 Å². The summed E-state index contributed by atoms with van der Waals surface area (Å²) >= 11 is 3.29. The van der Waals surface area contributed by atoms with Gasteiger partial charge in [-0.1, -0.05) is 6.92 Å². The van der Waals surface area contributed by atoms with Gasteiger partial charge >= 0.3 is 0 Å². The molecule has 1 unspecified atom stereocenters. The Morgan fingerprint density at radius 2 is 2.33 bits per heavy atom. The van der Waals surface area contributed by atoms with E-state index in [1.165, 1.54) is 11.3 Å². The number of nitrogens with one attached hydrogen (secondary N) is 2. The van der Waals surface area contributed by atoms with Crippen LogP contribution in [0.4, 0.5) is 0 Å². The second-order valence-electron chi connectivity index (χ2n) is 4.17. The highest BCUT2D eigenvalue weighted by Gasteiger charge is 2.25. The minimum absolute atomic E-state index is 0.0897. The lowest BCUT2D eigenvalue weighted by molar-refractivity contribution is 0.562. The van der Waals surface area contributed by atoms with E-state index in [1.807, 2.05) is 12.3 Å². The zero-order chi connectivity index (χ0) is 13.0. The molecule has 0 radical (unpaired) electrons. The summed E-state index contributed by atoms with van der Waals surface area (Å²) in [5.41, 5.74) is 0. The van der Waals surface area contributed by atoms with Crippen molar-refractivity contribution in [1.82, 2.24) is 10.0 Å². The van der Waals surface area contributed by atoms with Gasteiger partial charge in [-0.2, -0.15) is 11.8 Å². The molecule has 0 amide bonds. The third-order valence-electron chi connectivity index (χ3n) is 2.78. The monoisotopic (exact) mass is 306 g/mol. The lowest BCUT2D eigenvalue weighted by Gasteiger charge is -2.12. The molecule has 7 heteroatoms. The molecule has 102 valence electrons. The van der Waals surface area contributed by atoms with Crippen LogP contribution in [-0.2, 0) is 16.6 Å². The van der Waals surface area contributed by atoms with E-state index in [2.05, 4.69) is 10.0 Å². The Bertz CT molecular complexity index is 478. The summed E-state index contributed by atoms with van der Waals surface area (Å²) in [7, 11) is -3.35. The third kappa shape index (κ3) is 3.48. The van der Waals surface area contributed by atoms with Gasteiger partial charge < -0.3 is 5.32 Å². The van der Waals surface area contributed by atoms with Crippen molar-refractivity contribution in [3.05, 3.63) is 16.3 Å². The van der Waals surface area contributed by atoms with Gasteiger partial charge in [-0.15, -0.1) is 11.3 Å². The summed E-state index contributed by atoms with van der Waals surface area (Å²) in [6.45, 7) is 3.46. The van der Waals surface area contributed by atoms with Crippen LogP contribution in [0.1, 0.15) is 18.2 Å². The van der Waals surface area contributed by atoms with Crippen molar-refractivity contribution in [2.24, 2.45) is 0 Å². The van der Waals surface area contributed by atoms with Gasteiger partial charge in [0.2, 0.25) is 10.0 Å². The Kier molecular flexibility index (Phi) is 5.08. The minimum Gasteiger partial charge on any atom is -0.312 e. The molecule has 2 rings (SSSR count). The number of hydrogen-bond donors (Lipinski definition) is 2. The van der Waals surface area contributed by atoms with Crippen LogP contribution in [0.25, 0.3) is 0 Å². The Morgan fingerprint density at radius 3 is 3.00 bits per heavy atom. The molecule has 0 saturated carbocycles. The second-order valence-corrected chi connectivity index (χ2v) is 8.00. The second kappa shape index (κ2) is 6.38. The molecule has 0 aromatic carbocycles. The number of hydrogen-bond acceptors (Lipinski definition) is 5. The van der Waals surface area contributed by atoms with E-state index >= 15 is 0 Å². The van der Waals surface area contributed by atoms with Crippen LogP contribution in [0, 0.1) is 0 Å². The predicted molar refractivity (Wildman–Crippen MR) is 77.8 cm³/mol. The fourth-order valence-electron chi connectivity index (χ4n) is 1.85. The van der Waals surface area contributed by atoms with Gasteiger partial charge in [0.1, 0.15) is 0 Å². The first-order valence-corrected chi connectivity index (χ1v) is 9.52. The number of sulfonamides is 1. The highest BCUT2D eigenvalue weighted by atomic mass is 32.2. The Balaban J connectivity index is 2.10. The molecule has 2 heterocycles. The van der Waals surface area contributed by atoms with Crippen molar-refractivity contribution in [3.63, 3.8) is 0 Å². The maximum Gasteiger partial charge on any atom is 0.242 e. The van der Waals surface area contributed by atoms with Gasteiger partial charge in [-0.25, -0.2) is 13.1 Å². The first-order chi connectivity index (χ1) is 8.63. The Labute approximate surface area is 117 Å². The molecule has 1 aromatic rings. The third-order valence-corrected chi connectivity index (χ3v) is 6.60. The van der Waals surface area contributed by atoms with Gasteiger partial charge in [0.05, 0.1) is 4.90 Å². The van der Waals surface area contributed by atoms with E-state index in [0.29, 0.717) is 11.4 Å². The van der Waals surface area contributed by atoms with Gasteiger partial charge in [0, 0.05) is 23.2 Å². The first kappa shape index (κ1) is 14.3. The van der Waals surface area contributed by atoms with Crippen LogP contribution in [0.5, 0.6) is 0 Å². The average molecular weight is 306 g/mol. The summed E-state index contributed by atoms with van der Waals surface area (Å²) in [4.78, 5) is 1.32. The van der Waals surface area contributed by atoms with E-state index < -0.39 is 10.0 Å². The predicted octanol–water partition coefficient (Wildman–Crippen LogP) is 1.64. The van der Waals surface area contributed by atoms with Crippen LogP contribution in [-0.4, -0.2) is 32.5 Å². The molecule has 1 atom stereocenters. The zero-order valence-electron chi connectivity index (χ0n) is 10.3. The quantitative estimate of drug-likeness (QED) is 0.839. The van der Waals surface area contributed by atoms with E-state index in [9.17, 15) is 8.42 Å².